The van der Waals surface area contributed by atoms with Crippen molar-refractivity contribution in [3.8, 4) is 6.07 Å². The van der Waals surface area contributed by atoms with Gasteiger partial charge in [-0.05, 0) is 53.6 Å². The molecule has 1 aliphatic heterocycles. The highest BCUT2D eigenvalue weighted by molar-refractivity contribution is 5.67. The molecular weight excluding hydrogens is 381 g/mol. The van der Waals surface area contributed by atoms with Gasteiger partial charge in [-0.25, -0.2) is 0 Å². The van der Waals surface area contributed by atoms with Crippen molar-refractivity contribution in [2.45, 2.75) is 31.5 Å². The maximum Gasteiger partial charge on any atom is 0.416 e. The Morgan fingerprint density at radius 2 is 1.76 bits per heavy atom. The van der Waals surface area contributed by atoms with Gasteiger partial charge in [-0.1, -0.05) is 24.3 Å². The lowest BCUT2D eigenvalue weighted by molar-refractivity contribution is -0.139. The van der Waals surface area contributed by atoms with Crippen LogP contribution in [0.15, 0.2) is 48.5 Å². The van der Waals surface area contributed by atoms with Crippen LogP contribution in [-0.4, -0.2) is 29.1 Å². The Balaban J connectivity index is 1.77. The number of piperidine rings is 1. The molecule has 4 nitrogen and oxygen atoms in total. The van der Waals surface area contributed by atoms with E-state index in [4.69, 9.17) is 5.26 Å². The molecule has 0 amide bonds. The van der Waals surface area contributed by atoms with Gasteiger partial charge in [-0.2, -0.15) is 18.4 Å². The minimum absolute atomic E-state index is 0.0288. The van der Waals surface area contributed by atoms with Gasteiger partial charge in [0.2, 0.25) is 0 Å². The van der Waals surface area contributed by atoms with Gasteiger partial charge in [0, 0.05) is 26.1 Å². The summed E-state index contributed by atoms with van der Waals surface area (Å²) < 4.78 is 38.5. The van der Waals surface area contributed by atoms with E-state index in [2.05, 4.69) is 11.0 Å². The van der Waals surface area contributed by atoms with Gasteiger partial charge in [0.15, 0.2) is 0 Å². The first-order chi connectivity index (χ1) is 13.7. The molecule has 2 aromatic carbocycles. The largest absolute Gasteiger partial charge is 0.481 e. The molecule has 1 saturated heterocycles. The summed E-state index contributed by atoms with van der Waals surface area (Å²) in [5, 5.41) is 18.1. The molecule has 0 saturated carbocycles. The summed E-state index contributed by atoms with van der Waals surface area (Å²) in [7, 11) is 0. The van der Waals surface area contributed by atoms with Crippen molar-refractivity contribution < 1.29 is 23.1 Å². The van der Waals surface area contributed by atoms with Gasteiger partial charge >= 0.3 is 12.1 Å². The van der Waals surface area contributed by atoms with E-state index in [0.29, 0.717) is 31.6 Å². The molecule has 1 N–H and O–H groups in total. The smallest absolute Gasteiger partial charge is 0.416 e. The fourth-order valence-corrected chi connectivity index (χ4v) is 3.96. The Morgan fingerprint density at radius 3 is 2.31 bits per heavy atom. The van der Waals surface area contributed by atoms with E-state index in [1.807, 2.05) is 12.1 Å². The second kappa shape index (κ2) is 8.66. The molecule has 2 atom stereocenters. The molecule has 3 rings (SSSR count). The second-order valence-electron chi connectivity index (χ2n) is 7.52. The van der Waals surface area contributed by atoms with Crippen molar-refractivity contribution in [1.82, 2.24) is 4.90 Å². The van der Waals surface area contributed by atoms with Crippen LogP contribution in [0.1, 0.15) is 41.0 Å². The summed E-state index contributed by atoms with van der Waals surface area (Å²) in [5.41, 5.74) is 1.68. The summed E-state index contributed by atoms with van der Waals surface area (Å²) in [4.78, 5) is 13.4. The van der Waals surface area contributed by atoms with Crippen LogP contribution < -0.4 is 0 Å². The molecule has 0 aromatic heterocycles. The van der Waals surface area contributed by atoms with E-state index in [9.17, 15) is 23.1 Å². The molecule has 29 heavy (non-hydrogen) atoms. The van der Waals surface area contributed by atoms with Gasteiger partial charge < -0.3 is 5.11 Å². The van der Waals surface area contributed by atoms with Crippen molar-refractivity contribution in [1.29, 1.82) is 5.26 Å². The number of alkyl halides is 3. The summed E-state index contributed by atoms with van der Waals surface area (Å²) in [5.74, 6) is -0.984. The summed E-state index contributed by atoms with van der Waals surface area (Å²) in [6, 6.07) is 14.4. The first kappa shape index (κ1) is 20.9. The van der Waals surface area contributed by atoms with Crippen LogP contribution in [-0.2, 0) is 17.5 Å². The lowest BCUT2D eigenvalue weighted by Gasteiger charge is -2.38. The first-order valence-corrected chi connectivity index (χ1v) is 9.35. The third kappa shape index (κ3) is 5.58. The Hall–Kier alpha value is -2.85. The molecule has 0 radical (unpaired) electrons. The number of nitrogens with zero attached hydrogens (tertiary/aromatic N) is 2. The van der Waals surface area contributed by atoms with E-state index in [1.54, 1.807) is 12.1 Å². The number of likely N-dealkylation sites (tertiary alicyclic amines) is 1. The minimum atomic E-state index is -4.38. The molecule has 0 bridgehead atoms. The van der Waals surface area contributed by atoms with Crippen LogP contribution >= 0.6 is 0 Å². The number of halogens is 3. The van der Waals surface area contributed by atoms with Crippen LogP contribution in [0.4, 0.5) is 13.2 Å². The van der Waals surface area contributed by atoms with E-state index < -0.39 is 17.7 Å². The average Bonchev–Trinajstić information content (AvgIpc) is 2.67. The molecule has 0 unspecified atom stereocenters. The van der Waals surface area contributed by atoms with Crippen LogP contribution in [0, 0.1) is 17.2 Å². The zero-order valence-electron chi connectivity index (χ0n) is 15.7. The maximum absolute atomic E-state index is 12.8. The highest BCUT2D eigenvalue weighted by Crippen LogP contribution is 2.35. The van der Waals surface area contributed by atoms with E-state index in [-0.39, 0.29) is 18.3 Å². The summed E-state index contributed by atoms with van der Waals surface area (Å²) in [6.07, 6.45) is -3.72. The molecule has 0 aliphatic carbocycles. The number of rotatable bonds is 5. The molecule has 2 aromatic rings. The van der Waals surface area contributed by atoms with Gasteiger partial charge in [0.05, 0.1) is 17.2 Å². The van der Waals surface area contributed by atoms with Gasteiger partial charge in [-0.3, -0.25) is 9.69 Å². The monoisotopic (exact) mass is 402 g/mol. The predicted octanol–water partition coefficient (Wildman–Crippen LogP) is 4.66. The zero-order chi connectivity index (χ0) is 21.0. The minimum Gasteiger partial charge on any atom is -0.481 e. The average molecular weight is 402 g/mol. The van der Waals surface area contributed by atoms with Crippen molar-refractivity contribution in [3.05, 3.63) is 70.8 Å². The van der Waals surface area contributed by atoms with Crippen LogP contribution in [0.2, 0.25) is 0 Å². The molecule has 1 aliphatic rings. The summed E-state index contributed by atoms with van der Waals surface area (Å²) >= 11 is 0. The number of benzene rings is 2. The maximum atomic E-state index is 12.8. The standard InChI is InChI=1S/C22H21F3N2O2/c23-22(24,25)20-7-5-18(6-8-20)19-9-17(10-21(28)29)13-27(14-19)12-16-3-1-15(11-26)2-4-16/h1-8,17,19H,9-10,12-14H2,(H,28,29)/t17-,19+/m0/s1. The van der Waals surface area contributed by atoms with Gasteiger partial charge in [-0.15, -0.1) is 0 Å². The molecule has 152 valence electrons. The lowest BCUT2D eigenvalue weighted by atomic mass is 9.82. The fourth-order valence-electron chi connectivity index (χ4n) is 3.96. The number of aliphatic carboxylic acids is 1. The van der Waals surface area contributed by atoms with Gasteiger partial charge in [0.25, 0.3) is 0 Å². The Bertz CT molecular complexity index is 886. The first-order valence-electron chi connectivity index (χ1n) is 9.35. The predicted molar refractivity (Wildman–Crippen MR) is 101 cm³/mol. The van der Waals surface area contributed by atoms with Crippen LogP contribution in [0.3, 0.4) is 0 Å². The highest BCUT2D eigenvalue weighted by Gasteiger charge is 2.32. The van der Waals surface area contributed by atoms with Crippen molar-refractivity contribution >= 4 is 5.97 Å². The summed E-state index contributed by atoms with van der Waals surface area (Å²) in [6.45, 7) is 1.85. The SMILES string of the molecule is N#Cc1ccc(CN2C[C@H](CC(=O)O)C[C@@H](c3ccc(C(F)(F)F)cc3)C2)cc1. The fraction of sp³-hybridized carbons (Fsp3) is 0.364. The molecule has 0 spiro atoms. The molecule has 7 heteroatoms. The third-order valence-corrected chi connectivity index (χ3v) is 5.27. The van der Waals surface area contributed by atoms with Gasteiger partial charge in [0.1, 0.15) is 0 Å². The van der Waals surface area contributed by atoms with E-state index >= 15 is 0 Å². The van der Waals surface area contributed by atoms with Crippen molar-refractivity contribution in [2.75, 3.05) is 13.1 Å². The second-order valence-corrected chi connectivity index (χ2v) is 7.52. The number of carbonyl (C=O) groups is 1. The van der Waals surface area contributed by atoms with Crippen molar-refractivity contribution in [2.24, 2.45) is 5.92 Å². The topological polar surface area (TPSA) is 64.3 Å². The van der Waals surface area contributed by atoms with Crippen molar-refractivity contribution in [3.63, 3.8) is 0 Å². The number of nitriles is 1. The lowest BCUT2D eigenvalue weighted by Crippen LogP contribution is -2.39. The van der Waals surface area contributed by atoms with Crippen LogP contribution in [0.5, 0.6) is 0 Å². The zero-order valence-corrected chi connectivity index (χ0v) is 15.7. The molecule has 1 fully saturated rings. The van der Waals surface area contributed by atoms with E-state index in [0.717, 1.165) is 23.3 Å². The highest BCUT2D eigenvalue weighted by atomic mass is 19.4. The number of carboxylic acid groups (broad SMARTS) is 1. The normalized spacial score (nSPS) is 20.2. The third-order valence-electron chi connectivity index (χ3n) is 5.27. The molecular formula is C22H21F3N2O2. The number of carboxylic acids is 1. The molecule has 1 heterocycles. The number of hydrogen-bond acceptors (Lipinski definition) is 3. The van der Waals surface area contributed by atoms with E-state index in [1.165, 1.54) is 12.1 Å². The Kier molecular flexibility index (Phi) is 6.23. The Labute approximate surface area is 167 Å². The quantitative estimate of drug-likeness (QED) is 0.790. The Morgan fingerprint density at radius 1 is 1.10 bits per heavy atom. The number of hydrogen-bond donors (Lipinski definition) is 1. The van der Waals surface area contributed by atoms with Crippen LogP contribution in [0.25, 0.3) is 0 Å².